The summed E-state index contributed by atoms with van der Waals surface area (Å²) < 4.78 is 43.2. The van der Waals surface area contributed by atoms with Crippen molar-refractivity contribution < 1.29 is 96.7 Å². The molecule has 0 aromatic heterocycles. The zero-order valence-electron chi connectivity index (χ0n) is 40.6. The Balaban J connectivity index is 1.66. The summed E-state index contributed by atoms with van der Waals surface area (Å²) in [7, 11) is 3.29. The number of hydrogen-bond acceptors (Lipinski definition) is 20. The molecule has 20 nitrogen and oxygen atoms in total. The first-order chi connectivity index (χ1) is 36.5. The lowest BCUT2D eigenvalue weighted by Crippen LogP contribution is -2.49. The number of rotatable bonds is 19. The first-order valence-electron chi connectivity index (χ1n) is 22.4. The molecular formula is C56H46O20. The van der Waals surface area contributed by atoms with Crippen LogP contribution in [-0.4, -0.2) is 109 Å². The van der Waals surface area contributed by atoms with Gasteiger partial charge in [0.15, 0.2) is 46.4 Å². The SMILES string of the molecule is COC(=O)C(C(=O)O[C@H](C(=O)OC(c1ccccc1)c1ccccc1)[C@@H](OC(=O)C(C(=O)OC)=C(C(=O)OC)c1ccc(O)c(O)c1)C(=O)OC(c1ccccc1)c1ccccc1)=C(C(=O)OC)c1ccc(O)c(O)c1. The molecule has 390 valence electrons. The lowest BCUT2D eigenvalue weighted by atomic mass is 9.98. The fraction of sp³-hybridized carbons (Fsp3) is 0.143. The van der Waals surface area contributed by atoms with Crippen LogP contribution in [-0.2, 0) is 76.3 Å². The van der Waals surface area contributed by atoms with Crippen LogP contribution in [0.4, 0.5) is 0 Å². The van der Waals surface area contributed by atoms with E-state index in [1.165, 1.54) is 0 Å². The highest BCUT2D eigenvalue weighted by atomic mass is 16.6. The number of phenols is 4. The predicted molar refractivity (Wildman–Crippen MR) is 263 cm³/mol. The summed E-state index contributed by atoms with van der Waals surface area (Å²) in [6.45, 7) is 0. The first-order valence-corrected chi connectivity index (χ1v) is 22.4. The lowest BCUT2D eigenvalue weighted by Gasteiger charge is -2.29. The Morgan fingerprint density at radius 3 is 0.855 bits per heavy atom. The van der Waals surface area contributed by atoms with Crippen molar-refractivity contribution in [3.05, 3.63) is 202 Å². The van der Waals surface area contributed by atoms with Crippen molar-refractivity contribution in [3.8, 4) is 23.0 Å². The van der Waals surface area contributed by atoms with E-state index in [4.69, 9.17) is 37.9 Å². The zero-order valence-corrected chi connectivity index (χ0v) is 40.6. The second kappa shape index (κ2) is 25.4. The summed E-state index contributed by atoms with van der Waals surface area (Å²) in [5.74, 6) is -16.7. The maximum atomic E-state index is 15.3. The van der Waals surface area contributed by atoms with Crippen molar-refractivity contribution in [1.29, 1.82) is 0 Å². The van der Waals surface area contributed by atoms with Crippen molar-refractivity contribution in [1.82, 2.24) is 0 Å². The van der Waals surface area contributed by atoms with Gasteiger partial charge in [-0.05, 0) is 57.6 Å². The van der Waals surface area contributed by atoms with Gasteiger partial charge in [-0.1, -0.05) is 133 Å². The molecule has 0 amide bonds. The predicted octanol–water partition coefficient (Wildman–Crippen LogP) is 5.90. The summed E-state index contributed by atoms with van der Waals surface area (Å²) in [5.41, 5.74) is -4.46. The number of benzene rings is 6. The number of carbonyl (C=O) groups excluding carboxylic acids is 8. The van der Waals surface area contributed by atoms with E-state index in [1.807, 2.05) is 0 Å². The maximum absolute atomic E-state index is 15.3. The third-order valence-corrected chi connectivity index (χ3v) is 11.1. The fourth-order valence-electron chi connectivity index (χ4n) is 7.42. The first kappa shape index (κ1) is 55.1. The quantitative estimate of drug-likeness (QED) is 0.0183. The molecule has 0 aliphatic heterocycles. The van der Waals surface area contributed by atoms with Gasteiger partial charge < -0.3 is 58.3 Å². The van der Waals surface area contributed by atoms with Crippen molar-refractivity contribution in [2.24, 2.45) is 0 Å². The molecule has 0 aliphatic rings. The van der Waals surface area contributed by atoms with Gasteiger partial charge in [-0.3, -0.25) is 0 Å². The lowest BCUT2D eigenvalue weighted by molar-refractivity contribution is -0.193. The maximum Gasteiger partial charge on any atom is 0.353 e. The number of aromatic hydroxyl groups is 4. The van der Waals surface area contributed by atoms with Crippen LogP contribution < -0.4 is 0 Å². The minimum absolute atomic E-state index is 0.294. The molecule has 0 radical (unpaired) electrons. The highest BCUT2D eigenvalue weighted by molar-refractivity contribution is 6.33. The monoisotopic (exact) mass is 1040 g/mol. The fourth-order valence-corrected chi connectivity index (χ4v) is 7.42. The van der Waals surface area contributed by atoms with Gasteiger partial charge >= 0.3 is 47.8 Å². The number of esters is 8. The molecule has 20 heteroatoms. The van der Waals surface area contributed by atoms with E-state index in [0.29, 0.717) is 22.3 Å². The van der Waals surface area contributed by atoms with Crippen LogP contribution in [0.1, 0.15) is 45.6 Å². The van der Waals surface area contributed by atoms with Gasteiger partial charge in [0.2, 0.25) is 12.2 Å². The van der Waals surface area contributed by atoms with Gasteiger partial charge in [0.1, 0.15) is 0 Å². The number of hydrogen-bond donors (Lipinski definition) is 4. The van der Waals surface area contributed by atoms with Crippen LogP contribution >= 0.6 is 0 Å². The topological polar surface area (TPSA) is 291 Å². The van der Waals surface area contributed by atoms with E-state index >= 15 is 9.59 Å². The van der Waals surface area contributed by atoms with E-state index in [2.05, 4.69) is 0 Å². The molecule has 4 N–H and O–H groups in total. The van der Waals surface area contributed by atoms with Crippen LogP contribution in [0.25, 0.3) is 11.1 Å². The average molecular weight is 1040 g/mol. The Labute approximate surface area is 432 Å². The molecule has 0 bridgehead atoms. The summed E-state index contributed by atoms with van der Waals surface area (Å²) in [6.07, 6.45) is -8.78. The smallest absolute Gasteiger partial charge is 0.353 e. The summed E-state index contributed by atoms with van der Waals surface area (Å²) in [6, 6.07) is 37.1. The number of phenolic OH excluding ortho intramolecular Hbond substituents is 4. The molecule has 0 saturated heterocycles. The largest absolute Gasteiger partial charge is 0.504 e. The minimum atomic E-state index is -2.96. The molecule has 0 saturated carbocycles. The summed E-state index contributed by atoms with van der Waals surface area (Å²) >= 11 is 0. The van der Waals surface area contributed by atoms with Gasteiger partial charge in [-0.25, -0.2) is 38.4 Å². The van der Waals surface area contributed by atoms with Crippen molar-refractivity contribution in [2.75, 3.05) is 28.4 Å². The molecule has 0 spiro atoms. The Kier molecular flexibility index (Phi) is 18.4. The van der Waals surface area contributed by atoms with Gasteiger partial charge in [-0.2, -0.15) is 0 Å². The van der Waals surface area contributed by atoms with Crippen molar-refractivity contribution in [2.45, 2.75) is 24.4 Å². The van der Waals surface area contributed by atoms with Gasteiger partial charge in [-0.15, -0.1) is 0 Å². The minimum Gasteiger partial charge on any atom is -0.504 e. The molecule has 2 atom stereocenters. The number of carbonyl (C=O) groups is 8. The van der Waals surface area contributed by atoms with Crippen LogP contribution in [0.2, 0.25) is 0 Å². The summed E-state index contributed by atoms with van der Waals surface area (Å²) in [4.78, 5) is 115. The normalized spacial score (nSPS) is 12.3. The average Bonchev–Trinajstić information content (AvgIpc) is 3.45. The van der Waals surface area contributed by atoms with E-state index < -0.39 is 129 Å². The molecule has 6 rings (SSSR count). The van der Waals surface area contributed by atoms with Gasteiger partial charge in [0, 0.05) is 0 Å². The third-order valence-electron chi connectivity index (χ3n) is 11.1. The zero-order chi connectivity index (χ0) is 55.1. The van der Waals surface area contributed by atoms with Gasteiger partial charge in [0.05, 0.1) is 39.6 Å². The van der Waals surface area contributed by atoms with Gasteiger partial charge in [0.25, 0.3) is 0 Å². The Hall–Kier alpha value is -10.2. The van der Waals surface area contributed by atoms with E-state index in [0.717, 1.165) is 64.8 Å². The molecule has 6 aromatic carbocycles. The molecule has 6 aromatic rings. The van der Waals surface area contributed by atoms with E-state index in [1.54, 1.807) is 121 Å². The Morgan fingerprint density at radius 2 is 0.605 bits per heavy atom. The number of methoxy groups -OCH3 is 4. The van der Waals surface area contributed by atoms with Crippen LogP contribution in [0.15, 0.2) is 169 Å². The molecule has 0 aliphatic carbocycles. The Morgan fingerprint density at radius 1 is 0.329 bits per heavy atom. The molecular weight excluding hydrogens is 993 g/mol. The highest BCUT2D eigenvalue weighted by Gasteiger charge is 2.48. The second-order valence-electron chi connectivity index (χ2n) is 15.8. The van der Waals surface area contributed by atoms with E-state index in [-0.39, 0.29) is 0 Å². The highest BCUT2D eigenvalue weighted by Crippen LogP contribution is 2.35. The second-order valence-corrected chi connectivity index (χ2v) is 15.8. The van der Waals surface area contributed by atoms with Crippen LogP contribution in [0, 0.1) is 0 Å². The van der Waals surface area contributed by atoms with Crippen LogP contribution in [0.3, 0.4) is 0 Å². The molecule has 0 fully saturated rings. The molecule has 0 heterocycles. The standard InChI is InChI=1S/C56H46O20/c1-69-49(61)41(35-25-27-37(57)39(59)29-35)43(51(63)71-3)53(65)75-47(55(67)73-45(31-17-9-5-10-18-31)32-19-11-6-12-20-32)48(56(68)74-46(33-21-13-7-14-22-33)34-23-15-8-16-24-34)76-54(66)44(52(64)72-4)42(50(62)70-2)36-26-28-38(58)40(60)30-36/h5-30,45-48,57-60H,1-4H3/t47-,48+. The van der Waals surface area contributed by atoms with Crippen LogP contribution in [0.5, 0.6) is 23.0 Å². The molecule has 76 heavy (non-hydrogen) atoms. The summed E-state index contributed by atoms with van der Waals surface area (Å²) in [5, 5.41) is 41.1. The Bertz CT molecular complexity index is 2890. The van der Waals surface area contributed by atoms with Crippen molar-refractivity contribution >= 4 is 58.9 Å². The third kappa shape index (κ3) is 12.9. The van der Waals surface area contributed by atoms with E-state index in [9.17, 15) is 49.2 Å². The number of ether oxygens (including phenoxy) is 8. The molecule has 0 unspecified atom stereocenters. The van der Waals surface area contributed by atoms with Crippen molar-refractivity contribution in [3.63, 3.8) is 0 Å².